The monoisotopic (exact) mass is 226 g/mol. The molecule has 0 aromatic heterocycles. The summed E-state index contributed by atoms with van der Waals surface area (Å²) in [5.74, 6) is 6.78. The van der Waals surface area contributed by atoms with E-state index in [1.54, 1.807) is 0 Å². The van der Waals surface area contributed by atoms with Crippen molar-refractivity contribution in [1.82, 2.24) is 0 Å². The van der Waals surface area contributed by atoms with Gasteiger partial charge in [0.1, 0.15) is 0 Å². The van der Waals surface area contributed by atoms with E-state index >= 15 is 0 Å². The van der Waals surface area contributed by atoms with Crippen molar-refractivity contribution in [2.75, 3.05) is 0 Å². The Balaban J connectivity index is 1.72. The van der Waals surface area contributed by atoms with E-state index in [1.807, 2.05) is 0 Å². The van der Waals surface area contributed by atoms with Crippen molar-refractivity contribution in [2.45, 2.75) is 33.1 Å². The van der Waals surface area contributed by atoms with E-state index in [4.69, 9.17) is 0 Å². The number of fused-ring (bicyclic) bond motifs is 3. The maximum absolute atomic E-state index is 4.18. The van der Waals surface area contributed by atoms with Gasteiger partial charge in [0.25, 0.3) is 0 Å². The van der Waals surface area contributed by atoms with Gasteiger partial charge in [-0.05, 0) is 72.3 Å². The van der Waals surface area contributed by atoms with Gasteiger partial charge >= 0.3 is 0 Å². The van der Waals surface area contributed by atoms with E-state index in [1.165, 1.54) is 30.4 Å². The first-order valence-electron chi connectivity index (χ1n) is 7.34. The molecule has 0 amide bonds. The van der Waals surface area contributed by atoms with Crippen LogP contribution in [0.15, 0.2) is 29.5 Å². The van der Waals surface area contributed by atoms with Gasteiger partial charge in [-0.25, -0.2) is 0 Å². The first-order chi connectivity index (χ1) is 8.18. The molecule has 0 bridgehead atoms. The summed E-state index contributed by atoms with van der Waals surface area (Å²) in [4.78, 5) is 0. The average Bonchev–Trinajstić information content (AvgIpc) is 2.93. The lowest BCUT2D eigenvalue weighted by molar-refractivity contribution is 0.00394. The Bertz CT molecular complexity index is 447. The van der Waals surface area contributed by atoms with Crippen LogP contribution < -0.4 is 0 Å². The van der Waals surface area contributed by atoms with Crippen molar-refractivity contribution in [3.05, 3.63) is 29.5 Å². The predicted molar refractivity (Wildman–Crippen MR) is 70.4 cm³/mol. The van der Waals surface area contributed by atoms with Gasteiger partial charge in [0.15, 0.2) is 0 Å². The molecule has 0 aromatic rings. The summed E-state index contributed by atoms with van der Waals surface area (Å²) < 4.78 is 0. The second-order valence-electron chi connectivity index (χ2n) is 7.04. The Morgan fingerprint density at radius 1 is 1.18 bits per heavy atom. The summed E-state index contributed by atoms with van der Waals surface area (Å²) in [5, 5.41) is 0. The SMILES string of the molecule is C=C1C=C=C1C1C2CCC2C2CC2[C@@H]1C(C)C. The van der Waals surface area contributed by atoms with E-state index in [2.05, 4.69) is 32.2 Å². The van der Waals surface area contributed by atoms with Crippen molar-refractivity contribution in [3.63, 3.8) is 0 Å². The fourth-order valence-corrected chi connectivity index (χ4v) is 5.13. The molecule has 90 valence electrons. The van der Waals surface area contributed by atoms with Gasteiger partial charge in [0, 0.05) is 5.57 Å². The van der Waals surface area contributed by atoms with Crippen LogP contribution in [0.3, 0.4) is 0 Å². The predicted octanol–water partition coefficient (Wildman–Crippen LogP) is 4.20. The zero-order valence-electron chi connectivity index (χ0n) is 10.9. The first-order valence-corrected chi connectivity index (χ1v) is 7.34. The number of rotatable bonds is 2. The van der Waals surface area contributed by atoms with Gasteiger partial charge in [0.2, 0.25) is 0 Å². The Morgan fingerprint density at radius 2 is 1.94 bits per heavy atom. The third-order valence-electron chi connectivity index (χ3n) is 6.05. The second-order valence-corrected chi connectivity index (χ2v) is 7.04. The fraction of sp³-hybridized carbons (Fsp3) is 0.706. The number of hydrogen-bond donors (Lipinski definition) is 0. The molecular weight excluding hydrogens is 204 g/mol. The van der Waals surface area contributed by atoms with Crippen LogP contribution in [0.4, 0.5) is 0 Å². The molecule has 0 aliphatic heterocycles. The molecule has 4 aliphatic carbocycles. The van der Waals surface area contributed by atoms with E-state index in [0.29, 0.717) is 0 Å². The van der Waals surface area contributed by atoms with Gasteiger partial charge in [0.05, 0.1) is 0 Å². The van der Waals surface area contributed by atoms with Crippen molar-refractivity contribution < 1.29 is 0 Å². The molecule has 0 N–H and O–H groups in total. The number of hydrogen-bond acceptors (Lipinski definition) is 0. The van der Waals surface area contributed by atoms with Crippen LogP contribution in [0.1, 0.15) is 33.1 Å². The maximum atomic E-state index is 4.18. The molecule has 0 spiro atoms. The quantitative estimate of drug-likeness (QED) is 0.619. The maximum Gasteiger partial charge on any atom is 0.00493 e. The topological polar surface area (TPSA) is 0 Å². The molecule has 0 heteroatoms. The Kier molecular flexibility index (Phi) is 1.91. The fourth-order valence-electron chi connectivity index (χ4n) is 5.13. The second kappa shape index (κ2) is 3.18. The van der Waals surface area contributed by atoms with Gasteiger partial charge in [-0.3, -0.25) is 0 Å². The third kappa shape index (κ3) is 1.20. The minimum Gasteiger partial charge on any atom is -0.116 e. The van der Waals surface area contributed by atoms with Gasteiger partial charge in [-0.2, -0.15) is 0 Å². The van der Waals surface area contributed by atoms with Crippen LogP contribution in [0.25, 0.3) is 0 Å². The summed E-state index contributed by atoms with van der Waals surface area (Å²) in [6.07, 6.45) is 6.60. The molecule has 0 radical (unpaired) electrons. The summed E-state index contributed by atoms with van der Waals surface area (Å²) in [5.41, 5.74) is 6.25. The van der Waals surface area contributed by atoms with Crippen molar-refractivity contribution in [2.24, 2.45) is 41.4 Å². The van der Waals surface area contributed by atoms with Crippen molar-refractivity contribution in [3.8, 4) is 0 Å². The summed E-state index contributed by atoms with van der Waals surface area (Å²) in [6, 6.07) is 0. The van der Waals surface area contributed by atoms with Crippen LogP contribution in [0.2, 0.25) is 0 Å². The molecule has 4 rings (SSSR count). The lowest BCUT2D eigenvalue weighted by Gasteiger charge is -2.52. The zero-order valence-corrected chi connectivity index (χ0v) is 10.9. The molecule has 17 heavy (non-hydrogen) atoms. The Morgan fingerprint density at radius 3 is 2.41 bits per heavy atom. The average molecular weight is 226 g/mol. The molecule has 0 heterocycles. The molecule has 3 saturated carbocycles. The van der Waals surface area contributed by atoms with E-state index in [-0.39, 0.29) is 0 Å². The van der Waals surface area contributed by atoms with Crippen molar-refractivity contribution in [1.29, 1.82) is 0 Å². The lowest BCUT2D eigenvalue weighted by atomic mass is 9.52. The van der Waals surface area contributed by atoms with Crippen LogP contribution in [-0.4, -0.2) is 0 Å². The highest BCUT2D eigenvalue weighted by atomic mass is 14.7. The highest BCUT2D eigenvalue weighted by Crippen LogP contribution is 2.68. The van der Waals surface area contributed by atoms with Crippen LogP contribution in [0, 0.1) is 41.4 Å². The molecule has 3 fully saturated rings. The van der Waals surface area contributed by atoms with Crippen LogP contribution >= 0.6 is 0 Å². The first kappa shape index (κ1) is 10.2. The summed E-state index contributed by atoms with van der Waals surface area (Å²) in [6.45, 7) is 9.03. The molecule has 5 unspecified atom stereocenters. The normalized spacial score (nSPS) is 50.1. The zero-order chi connectivity index (χ0) is 11.7. The van der Waals surface area contributed by atoms with E-state index in [9.17, 15) is 0 Å². The van der Waals surface area contributed by atoms with Gasteiger partial charge in [-0.1, -0.05) is 20.4 Å². The molecular formula is C17H22. The molecule has 4 aliphatic rings. The van der Waals surface area contributed by atoms with Crippen LogP contribution in [0.5, 0.6) is 0 Å². The largest absolute Gasteiger partial charge is 0.116 e. The minimum atomic E-state index is 0.815. The highest BCUT2D eigenvalue weighted by Gasteiger charge is 2.62. The molecule has 0 saturated heterocycles. The van der Waals surface area contributed by atoms with Gasteiger partial charge in [-0.15, -0.1) is 5.73 Å². The summed E-state index contributed by atoms with van der Waals surface area (Å²) in [7, 11) is 0. The summed E-state index contributed by atoms with van der Waals surface area (Å²) >= 11 is 0. The standard InChI is InChI=1S/C17H22/c1-9(2)16-15-8-14(15)12-6-7-13(12)17(16)11-5-4-10(11)3/h4,9,12-17H,3,6-8H2,1-2H3/t12?,13?,14?,15?,16-,17?/m0/s1. The minimum absolute atomic E-state index is 0.815. The van der Waals surface area contributed by atoms with Crippen molar-refractivity contribution >= 4 is 0 Å². The Labute approximate surface area is 104 Å². The lowest BCUT2D eigenvalue weighted by Crippen LogP contribution is -2.45. The molecule has 6 atom stereocenters. The number of allylic oxidation sites excluding steroid dienone is 2. The van der Waals surface area contributed by atoms with E-state index < -0.39 is 0 Å². The van der Waals surface area contributed by atoms with E-state index in [0.717, 1.165) is 41.4 Å². The smallest absolute Gasteiger partial charge is 0.00493 e. The molecule has 0 aromatic carbocycles. The highest BCUT2D eigenvalue weighted by molar-refractivity contribution is 5.48. The van der Waals surface area contributed by atoms with Crippen LogP contribution in [-0.2, 0) is 0 Å². The Hall–Kier alpha value is -0.740. The third-order valence-corrected chi connectivity index (χ3v) is 6.05. The molecule has 0 nitrogen and oxygen atoms in total. The van der Waals surface area contributed by atoms with Gasteiger partial charge < -0.3 is 0 Å².